The van der Waals surface area contributed by atoms with Crippen LogP contribution in [-0.4, -0.2) is 11.7 Å². The van der Waals surface area contributed by atoms with Gasteiger partial charge in [-0.25, -0.2) is 4.79 Å². The molecule has 0 aromatic heterocycles. The van der Waals surface area contributed by atoms with Crippen LogP contribution in [0.1, 0.15) is 20.8 Å². The van der Waals surface area contributed by atoms with Crippen LogP contribution in [0.25, 0.3) is 0 Å². The number of ether oxygens (including phenoxy) is 1. The molecule has 0 amide bonds. The number of nitrogens with two attached hydrogens (primary N) is 1. The minimum Gasteiger partial charge on any atom is -0.437 e. The van der Waals surface area contributed by atoms with E-state index >= 15 is 0 Å². The van der Waals surface area contributed by atoms with E-state index in [1.54, 1.807) is 20.8 Å². The molecule has 2 N–H and O–H groups in total. The molecule has 0 spiro atoms. The summed E-state index contributed by atoms with van der Waals surface area (Å²) < 4.78 is 4.90. The topological polar surface area (TPSA) is 52.3 Å². The molecule has 0 heterocycles. The summed E-state index contributed by atoms with van der Waals surface area (Å²) in [4.78, 5) is 11.0. The van der Waals surface area contributed by atoms with Crippen molar-refractivity contribution in [1.82, 2.24) is 0 Å². The minimum atomic E-state index is -1.10. The number of carbonyl (C=O) groups is 1. The van der Waals surface area contributed by atoms with Gasteiger partial charge in [0, 0.05) is 5.57 Å². The first-order chi connectivity index (χ1) is 5.27. The van der Waals surface area contributed by atoms with Crippen molar-refractivity contribution in [3.8, 4) is 0 Å². The zero-order valence-electron chi connectivity index (χ0n) is 7.81. The molecule has 0 bridgehead atoms. The standard InChI is InChI=1S/C9H15NO2/c1-6(2)8(11)12-9(5,10)7(3)4/h1,3,10H2,2,4-5H3. The second-order valence-electron chi connectivity index (χ2n) is 3.06. The Morgan fingerprint density at radius 1 is 1.42 bits per heavy atom. The van der Waals surface area contributed by atoms with Crippen molar-refractivity contribution >= 4 is 5.97 Å². The second-order valence-corrected chi connectivity index (χ2v) is 3.06. The van der Waals surface area contributed by atoms with Crippen LogP contribution in [0.4, 0.5) is 0 Å². The lowest BCUT2D eigenvalue weighted by molar-refractivity contribution is -0.149. The highest BCUT2D eigenvalue weighted by molar-refractivity contribution is 5.87. The summed E-state index contributed by atoms with van der Waals surface area (Å²) in [5, 5.41) is 0. The minimum absolute atomic E-state index is 0.327. The Morgan fingerprint density at radius 2 is 1.83 bits per heavy atom. The molecule has 1 atom stereocenters. The molecule has 0 aliphatic rings. The molecule has 0 saturated heterocycles. The molecule has 68 valence electrons. The molecule has 0 aromatic carbocycles. The van der Waals surface area contributed by atoms with E-state index in [0.29, 0.717) is 11.1 Å². The van der Waals surface area contributed by atoms with Gasteiger partial charge in [0.25, 0.3) is 0 Å². The highest BCUT2D eigenvalue weighted by Gasteiger charge is 2.24. The molecular weight excluding hydrogens is 154 g/mol. The summed E-state index contributed by atoms with van der Waals surface area (Å²) in [5.74, 6) is -0.497. The maximum Gasteiger partial charge on any atom is 0.335 e. The highest BCUT2D eigenvalue weighted by Crippen LogP contribution is 2.13. The second kappa shape index (κ2) is 3.54. The van der Waals surface area contributed by atoms with Gasteiger partial charge in [0.2, 0.25) is 0 Å². The van der Waals surface area contributed by atoms with Crippen LogP contribution in [-0.2, 0) is 9.53 Å². The van der Waals surface area contributed by atoms with Gasteiger partial charge in [0.05, 0.1) is 0 Å². The van der Waals surface area contributed by atoms with Gasteiger partial charge in [-0.3, -0.25) is 5.73 Å². The molecule has 3 nitrogen and oxygen atoms in total. The lowest BCUT2D eigenvalue weighted by Gasteiger charge is -2.24. The maximum absolute atomic E-state index is 11.0. The van der Waals surface area contributed by atoms with Gasteiger partial charge in [0.15, 0.2) is 5.72 Å². The first-order valence-electron chi connectivity index (χ1n) is 3.61. The first kappa shape index (κ1) is 10.9. The third-order valence-corrected chi connectivity index (χ3v) is 1.50. The maximum atomic E-state index is 11.0. The Labute approximate surface area is 72.9 Å². The summed E-state index contributed by atoms with van der Waals surface area (Å²) in [5.41, 5.74) is 5.43. The van der Waals surface area contributed by atoms with Crippen molar-refractivity contribution in [2.24, 2.45) is 5.73 Å². The molecular formula is C9H15NO2. The number of carbonyl (C=O) groups excluding carboxylic acids is 1. The van der Waals surface area contributed by atoms with Crippen molar-refractivity contribution in [3.05, 3.63) is 24.3 Å². The van der Waals surface area contributed by atoms with Crippen molar-refractivity contribution in [2.45, 2.75) is 26.5 Å². The van der Waals surface area contributed by atoms with Crippen LogP contribution in [0.15, 0.2) is 24.3 Å². The molecule has 3 heteroatoms. The Bertz CT molecular complexity index is 229. The molecule has 12 heavy (non-hydrogen) atoms. The van der Waals surface area contributed by atoms with E-state index in [1.807, 2.05) is 0 Å². The number of hydrogen-bond acceptors (Lipinski definition) is 3. The van der Waals surface area contributed by atoms with Crippen LogP contribution in [0.2, 0.25) is 0 Å². The van der Waals surface area contributed by atoms with E-state index in [1.165, 1.54) is 0 Å². The average molecular weight is 169 g/mol. The summed E-state index contributed by atoms with van der Waals surface area (Å²) in [6.45, 7) is 11.9. The van der Waals surface area contributed by atoms with E-state index in [4.69, 9.17) is 10.5 Å². The fraction of sp³-hybridized carbons (Fsp3) is 0.444. The van der Waals surface area contributed by atoms with Gasteiger partial charge in [-0.15, -0.1) is 0 Å². The smallest absolute Gasteiger partial charge is 0.335 e. The summed E-state index contributed by atoms with van der Waals surface area (Å²) in [7, 11) is 0. The quantitative estimate of drug-likeness (QED) is 0.300. The van der Waals surface area contributed by atoms with Crippen LogP contribution < -0.4 is 5.73 Å². The Balaban J connectivity index is 4.35. The van der Waals surface area contributed by atoms with Crippen LogP contribution in [0.3, 0.4) is 0 Å². The van der Waals surface area contributed by atoms with Crippen LogP contribution in [0, 0.1) is 0 Å². The Morgan fingerprint density at radius 3 is 2.08 bits per heavy atom. The number of rotatable bonds is 3. The fourth-order valence-corrected chi connectivity index (χ4v) is 0.367. The largest absolute Gasteiger partial charge is 0.437 e. The van der Waals surface area contributed by atoms with Gasteiger partial charge in [0.1, 0.15) is 0 Å². The number of hydrogen-bond donors (Lipinski definition) is 1. The zero-order chi connectivity index (χ0) is 9.94. The van der Waals surface area contributed by atoms with Crippen molar-refractivity contribution in [1.29, 1.82) is 0 Å². The zero-order valence-corrected chi connectivity index (χ0v) is 7.81. The highest BCUT2D eigenvalue weighted by atomic mass is 16.6. The van der Waals surface area contributed by atoms with E-state index in [9.17, 15) is 4.79 Å². The van der Waals surface area contributed by atoms with Gasteiger partial charge in [-0.05, 0) is 26.3 Å². The molecule has 0 saturated carbocycles. The van der Waals surface area contributed by atoms with E-state index in [-0.39, 0.29) is 0 Å². The van der Waals surface area contributed by atoms with Gasteiger partial charge >= 0.3 is 5.97 Å². The summed E-state index contributed by atoms with van der Waals surface area (Å²) in [6, 6.07) is 0. The predicted octanol–water partition coefficient (Wildman–Crippen LogP) is 1.36. The fourth-order valence-electron chi connectivity index (χ4n) is 0.367. The third kappa shape index (κ3) is 2.88. The monoisotopic (exact) mass is 169 g/mol. The molecule has 0 radical (unpaired) electrons. The van der Waals surface area contributed by atoms with Gasteiger partial charge < -0.3 is 4.74 Å². The average Bonchev–Trinajstić information content (AvgIpc) is 1.85. The third-order valence-electron chi connectivity index (χ3n) is 1.50. The van der Waals surface area contributed by atoms with E-state index < -0.39 is 11.7 Å². The lowest BCUT2D eigenvalue weighted by atomic mass is 10.1. The lowest BCUT2D eigenvalue weighted by Crippen LogP contribution is -2.42. The molecule has 1 unspecified atom stereocenters. The summed E-state index contributed by atoms with van der Waals surface area (Å²) >= 11 is 0. The first-order valence-corrected chi connectivity index (χ1v) is 3.61. The Kier molecular flexibility index (Phi) is 3.22. The molecule has 0 rings (SSSR count). The van der Waals surface area contributed by atoms with E-state index in [0.717, 1.165) is 0 Å². The normalized spacial score (nSPS) is 14.7. The predicted molar refractivity (Wildman–Crippen MR) is 48.3 cm³/mol. The molecule has 0 fully saturated rings. The van der Waals surface area contributed by atoms with Crippen molar-refractivity contribution in [2.75, 3.05) is 0 Å². The number of esters is 1. The van der Waals surface area contributed by atoms with Crippen molar-refractivity contribution in [3.63, 3.8) is 0 Å². The van der Waals surface area contributed by atoms with Crippen LogP contribution in [0.5, 0.6) is 0 Å². The molecule has 0 aliphatic carbocycles. The SMILES string of the molecule is C=C(C)C(=O)OC(C)(N)C(=C)C. The van der Waals surface area contributed by atoms with Crippen molar-refractivity contribution < 1.29 is 9.53 Å². The Hall–Kier alpha value is -1.09. The van der Waals surface area contributed by atoms with Gasteiger partial charge in [-0.1, -0.05) is 13.2 Å². The van der Waals surface area contributed by atoms with Crippen LogP contribution >= 0.6 is 0 Å². The van der Waals surface area contributed by atoms with Gasteiger partial charge in [-0.2, -0.15) is 0 Å². The summed E-state index contributed by atoms with van der Waals surface area (Å²) in [6.07, 6.45) is 0. The molecule has 0 aliphatic heterocycles. The van der Waals surface area contributed by atoms with E-state index in [2.05, 4.69) is 13.2 Å². The molecule has 0 aromatic rings.